The smallest absolute Gasteiger partial charge is 0.433 e. The number of aromatic nitrogens is 1. The van der Waals surface area contributed by atoms with Crippen LogP contribution < -0.4 is 5.73 Å². The van der Waals surface area contributed by atoms with Gasteiger partial charge in [-0.2, -0.15) is 13.2 Å². The Hall–Kier alpha value is -1.44. The average molecular weight is 242 g/mol. The third kappa shape index (κ3) is 2.21. The summed E-state index contributed by atoms with van der Waals surface area (Å²) in [6.45, 7) is -0.782. The predicted molar refractivity (Wildman–Crippen MR) is 43.8 cm³/mol. The molecule has 1 aromatic heterocycles. The predicted octanol–water partition coefficient (Wildman–Crippen LogP) is 2.20. The van der Waals surface area contributed by atoms with Gasteiger partial charge in [0.15, 0.2) is 0 Å². The van der Waals surface area contributed by atoms with Crippen LogP contribution in [-0.2, 0) is 12.7 Å². The van der Waals surface area contributed by atoms with E-state index >= 15 is 0 Å². The zero-order chi connectivity index (χ0) is 12.5. The molecule has 0 atom stereocenters. The molecule has 1 aromatic rings. The van der Waals surface area contributed by atoms with Gasteiger partial charge >= 0.3 is 6.18 Å². The van der Waals surface area contributed by atoms with E-state index in [4.69, 9.17) is 10.8 Å². The molecular formula is C8H7F5N2O. The Balaban J connectivity index is 3.49. The Morgan fingerprint density at radius 3 is 2.31 bits per heavy atom. The van der Waals surface area contributed by atoms with Crippen LogP contribution in [0.2, 0.25) is 0 Å². The summed E-state index contributed by atoms with van der Waals surface area (Å²) in [5, 5.41) is 9.02. The van der Waals surface area contributed by atoms with Gasteiger partial charge in [-0.1, -0.05) is 0 Å². The lowest BCUT2D eigenvalue weighted by Crippen LogP contribution is -2.16. The van der Waals surface area contributed by atoms with E-state index in [9.17, 15) is 22.0 Å². The quantitative estimate of drug-likeness (QED) is 0.781. The molecular weight excluding hydrogens is 235 g/mol. The van der Waals surface area contributed by atoms with Crippen molar-refractivity contribution in [2.75, 3.05) is 0 Å². The molecule has 0 fully saturated rings. The molecule has 3 N–H and O–H groups in total. The molecule has 0 saturated carbocycles. The summed E-state index contributed by atoms with van der Waals surface area (Å²) >= 11 is 0. The Bertz CT molecular complexity index is 391. The average Bonchev–Trinajstić information content (AvgIpc) is 2.14. The molecule has 3 nitrogen and oxygen atoms in total. The minimum Gasteiger partial charge on any atom is -0.506 e. The van der Waals surface area contributed by atoms with Crippen LogP contribution in [0.5, 0.6) is 5.75 Å². The molecule has 1 rings (SSSR count). The first-order chi connectivity index (χ1) is 7.29. The lowest BCUT2D eigenvalue weighted by Gasteiger charge is -2.15. The molecule has 0 spiro atoms. The number of pyridine rings is 1. The van der Waals surface area contributed by atoms with Gasteiger partial charge in [0.25, 0.3) is 6.43 Å². The van der Waals surface area contributed by atoms with E-state index in [1.165, 1.54) is 0 Å². The lowest BCUT2D eigenvalue weighted by atomic mass is 10.1. The Kier molecular flexibility index (Phi) is 3.32. The third-order valence-electron chi connectivity index (χ3n) is 1.89. The molecule has 90 valence electrons. The summed E-state index contributed by atoms with van der Waals surface area (Å²) in [6, 6.07) is 0. The van der Waals surface area contributed by atoms with Crippen LogP contribution in [0.4, 0.5) is 22.0 Å². The molecule has 0 aliphatic carbocycles. The highest BCUT2D eigenvalue weighted by Crippen LogP contribution is 2.38. The number of aromatic hydroxyl groups is 1. The van der Waals surface area contributed by atoms with Gasteiger partial charge in [0.05, 0.1) is 11.8 Å². The second kappa shape index (κ2) is 4.20. The van der Waals surface area contributed by atoms with Crippen LogP contribution in [0.25, 0.3) is 0 Å². The van der Waals surface area contributed by atoms with E-state index in [2.05, 4.69) is 4.98 Å². The number of hydrogen-bond acceptors (Lipinski definition) is 3. The molecule has 8 heteroatoms. The van der Waals surface area contributed by atoms with Crippen molar-refractivity contribution in [3.05, 3.63) is 23.0 Å². The SMILES string of the molecule is NCc1c(C(F)(F)F)ncc(O)c1C(F)F. The monoisotopic (exact) mass is 242 g/mol. The van der Waals surface area contributed by atoms with Crippen molar-refractivity contribution in [1.82, 2.24) is 4.98 Å². The summed E-state index contributed by atoms with van der Waals surface area (Å²) in [5.41, 5.74) is 1.47. The van der Waals surface area contributed by atoms with Crippen molar-refractivity contribution < 1.29 is 27.1 Å². The number of rotatable bonds is 2. The van der Waals surface area contributed by atoms with Crippen LogP contribution in [0.3, 0.4) is 0 Å². The Labute approximate surface area is 86.7 Å². The van der Waals surface area contributed by atoms with E-state index in [0.29, 0.717) is 6.20 Å². The second-order valence-electron chi connectivity index (χ2n) is 2.89. The fourth-order valence-electron chi connectivity index (χ4n) is 1.25. The molecule has 0 saturated heterocycles. The highest BCUT2D eigenvalue weighted by molar-refractivity contribution is 5.42. The highest BCUT2D eigenvalue weighted by Gasteiger charge is 2.37. The summed E-state index contributed by atoms with van der Waals surface area (Å²) in [6.07, 6.45) is -7.79. The van der Waals surface area contributed by atoms with E-state index in [1.807, 2.05) is 0 Å². The van der Waals surface area contributed by atoms with Crippen LogP contribution in [0.1, 0.15) is 23.2 Å². The van der Waals surface area contributed by atoms with Crippen LogP contribution in [0, 0.1) is 0 Å². The van der Waals surface area contributed by atoms with E-state index in [-0.39, 0.29) is 0 Å². The number of nitrogens with zero attached hydrogens (tertiary/aromatic N) is 1. The number of alkyl halides is 5. The molecule has 0 aromatic carbocycles. The lowest BCUT2D eigenvalue weighted by molar-refractivity contribution is -0.142. The fraction of sp³-hybridized carbons (Fsp3) is 0.375. The van der Waals surface area contributed by atoms with Gasteiger partial charge in [-0.3, -0.25) is 0 Å². The molecule has 0 aliphatic heterocycles. The van der Waals surface area contributed by atoms with Gasteiger partial charge < -0.3 is 10.8 Å². The normalized spacial score (nSPS) is 12.2. The molecule has 16 heavy (non-hydrogen) atoms. The molecule has 0 unspecified atom stereocenters. The standard InChI is InChI=1S/C8H7F5N2O/c9-7(10)5-3(1-14)6(8(11,12)13)15-2-4(5)16/h2,7,16H,1,14H2. The van der Waals surface area contributed by atoms with Crippen molar-refractivity contribution in [2.24, 2.45) is 5.73 Å². The first-order valence-corrected chi connectivity index (χ1v) is 4.05. The summed E-state index contributed by atoms with van der Waals surface area (Å²) in [4.78, 5) is 2.88. The second-order valence-corrected chi connectivity index (χ2v) is 2.89. The van der Waals surface area contributed by atoms with Gasteiger partial charge in [0.2, 0.25) is 0 Å². The topological polar surface area (TPSA) is 59.1 Å². The van der Waals surface area contributed by atoms with Gasteiger partial charge in [-0.05, 0) is 0 Å². The van der Waals surface area contributed by atoms with Crippen molar-refractivity contribution in [3.63, 3.8) is 0 Å². The molecule has 0 radical (unpaired) electrons. The summed E-state index contributed by atoms with van der Waals surface area (Å²) < 4.78 is 62.0. The highest BCUT2D eigenvalue weighted by atomic mass is 19.4. The number of nitrogens with two attached hydrogens (primary N) is 1. The molecule has 1 heterocycles. The van der Waals surface area contributed by atoms with Gasteiger partial charge in [-0.25, -0.2) is 13.8 Å². The van der Waals surface area contributed by atoms with Crippen molar-refractivity contribution >= 4 is 0 Å². The minimum absolute atomic E-state index is 0.337. The summed E-state index contributed by atoms with van der Waals surface area (Å²) in [5.74, 6) is -0.997. The fourth-order valence-corrected chi connectivity index (χ4v) is 1.25. The van der Waals surface area contributed by atoms with Crippen molar-refractivity contribution in [2.45, 2.75) is 19.1 Å². The van der Waals surface area contributed by atoms with E-state index in [0.717, 1.165) is 0 Å². The molecule has 0 aliphatic rings. The van der Waals surface area contributed by atoms with Crippen molar-refractivity contribution in [1.29, 1.82) is 0 Å². The van der Waals surface area contributed by atoms with E-state index in [1.54, 1.807) is 0 Å². The van der Waals surface area contributed by atoms with Gasteiger partial charge in [0, 0.05) is 12.1 Å². The minimum atomic E-state index is -4.88. The zero-order valence-electron chi connectivity index (χ0n) is 7.72. The number of hydrogen-bond donors (Lipinski definition) is 2. The molecule has 0 bridgehead atoms. The van der Waals surface area contributed by atoms with Gasteiger partial charge in [0.1, 0.15) is 11.4 Å². The number of halogens is 5. The van der Waals surface area contributed by atoms with Crippen LogP contribution >= 0.6 is 0 Å². The first kappa shape index (κ1) is 12.6. The summed E-state index contributed by atoms with van der Waals surface area (Å²) in [7, 11) is 0. The van der Waals surface area contributed by atoms with Crippen LogP contribution in [-0.4, -0.2) is 10.1 Å². The maximum absolute atomic E-state index is 12.4. The Morgan fingerprint density at radius 1 is 1.38 bits per heavy atom. The zero-order valence-corrected chi connectivity index (χ0v) is 7.72. The maximum atomic E-state index is 12.4. The van der Waals surface area contributed by atoms with E-state index < -0.39 is 41.7 Å². The first-order valence-electron chi connectivity index (χ1n) is 4.05. The molecule has 0 amide bonds. The van der Waals surface area contributed by atoms with Gasteiger partial charge in [-0.15, -0.1) is 0 Å². The Morgan fingerprint density at radius 2 is 1.94 bits per heavy atom. The van der Waals surface area contributed by atoms with Crippen molar-refractivity contribution in [3.8, 4) is 5.75 Å². The van der Waals surface area contributed by atoms with Crippen LogP contribution in [0.15, 0.2) is 6.20 Å². The third-order valence-corrected chi connectivity index (χ3v) is 1.89. The maximum Gasteiger partial charge on any atom is 0.433 e. The largest absolute Gasteiger partial charge is 0.506 e.